The Morgan fingerprint density at radius 2 is 1.81 bits per heavy atom. The van der Waals surface area contributed by atoms with Gasteiger partial charge in [0.1, 0.15) is 5.75 Å². The van der Waals surface area contributed by atoms with Gasteiger partial charge in [-0.1, -0.05) is 48.5 Å². The number of nitrogens with zero attached hydrogens (tertiary/aromatic N) is 1. The van der Waals surface area contributed by atoms with Crippen molar-refractivity contribution in [2.45, 2.75) is 19.4 Å². The summed E-state index contributed by atoms with van der Waals surface area (Å²) in [6.45, 7) is 1.78. The van der Waals surface area contributed by atoms with Gasteiger partial charge in [0.05, 0.1) is 11.4 Å². The molecule has 136 valence electrons. The summed E-state index contributed by atoms with van der Waals surface area (Å²) in [5, 5.41) is 4.89. The Balaban J connectivity index is 1.59. The first kappa shape index (κ1) is 17.1. The average Bonchev–Trinajstić information content (AvgIpc) is 2.80. The number of hydrogen-bond donors (Lipinski definition) is 1. The number of benzene rings is 3. The highest BCUT2D eigenvalue weighted by atomic mass is 16.5. The van der Waals surface area contributed by atoms with Crippen LogP contribution < -0.4 is 15.0 Å². The van der Waals surface area contributed by atoms with Crippen molar-refractivity contribution in [3.05, 3.63) is 66.7 Å². The highest BCUT2D eigenvalue weighted by Crippen LogP contribution is 2.31. The minimum absolute atomic E-state index is 0.0964. The van der Waals surface area contributed by atoms with E-state index < -0.39 is 0 Å². The lowest BCUT2D eigenvalue weighted by Crippen LogP contribution is -2.41. The maximum atomic E-state index is 13.0. The summed E-state index contributed by atoms with van der Waals surface area (Å²) in [5.74, 6) is 0.394. The van der Waals surface area contributed by atoms with Crippen LogP contribution >= 0.6 is 0 Å². The van der Waals surface area contributed by atoms with Crippen molar-refractivity contribution in [3.63, 3.8) is 0 Å². The maximum absolute atomic E-state index is 13.0. The molecule has 4 rings (SSSR count). The van der Waals surface area contributed by atoms with Gasteiger partial charge in [-0.3, -0.25) is 9.59 Å². The topological polar surface area (TPSA) is 58.6 Å². The molecule has 0 saturated heterocycles. The van der Waals surface area contributed by atoms with E-state index in [1.165, 1.54) is 0 Å². The summed E-state index contributed by atoms with van der Waals surface area (Å²) >= 11 is 0. The second kappa shape index (κ2) is 7.11. The number of carbonyl (C=O) groups excluding carboxylic acids is 2. The molecule has 27 heavy (non-hydrogen) atoms. The fourth-order valence-electron chi connectivity index (χ4n) is 3.50. The first-order valence-electron chi connectivity index (χ1n) is 8.95. The molecule has 3 aromatic carbocycles. The van der Waals surface area contributed by atoms with Crippen molar-refractivity contribution < 1.29 is 14.3 Å². The van der Waals surface area contributed by atoms with E-state index in [2.05, 4.69) is 5.32 Å². The Bertz CT molecular complexity index is 1010. The molecule has 2 amide bonds. The van der Waals surface area contributed by atoms with Crippen LogP contribution in [0.3, 0.4) is 0 Å². The van der Waals surface area contributed by atoms with Crippen LogP contribution in [0.1, 0.15) is 13.3 Å². The number of para-hydroxylation sites is 2. The summed E-state index contributed by atoms with van der Waals surface area (Å²) in [4.78, 5) is 26.7. The lowest BCUT2D eigenvalue weighted by atomic mass is 10.1. The predicted octanol–water partition coefficient (Wildman–Crippen LogP) is 3.98. The van der Waals surface area contributed by atoms with Crippen molar-refractivity contribution >= 4 is 34.0 Å². The lowest BCUT2D eigenvalue weighted by Gasteiger charge is -2.27. The molecule has 3 aromatic rings. The highest BCUT2D eigenvalue weighted by molar-refractivity contribution is 6.04. The number of anilines is 2. The summed E-state index contributed by atoms with van der Waals surface area (Å²) in [7, 11) is 0. The average molecular weight is 360 g/mol. The fraction of sp³-hybridized carbons (Fsp3) is 0.182. The SMILES string of the molecule is CC1CC(=O)Nc2ccccc2N1C(=O)COc1cccc2ccccc12. The third-order valence-corrected chi connectivity index (χ3v) is 4.73. The van der Waals surface area contributed by atoms with Gasteiger partial charge >= 0.3 is 0 Å². The van der Waals surface area contributed by atoms with Crippen molar-refractivity contribution in [1.29, 1.82) is 0 Å². The minimum atomic E-state index is -0.253. The van der Waals surface area contributed by atoms with Crippen LogP contribution in [0.25, 0.3) is 10.8 Å². The summed E-state index contributed by atoms with van der Waals surface area (Å²) in [5.41, 5.74) is 1.34. The van der Waals surface area contributed by atoms with Gasteiger partial charge in [0.25, 0.3) is 5.91 Å². The highest BCUT2D eigenvalue weighted by Gasteiger charge is 2.29. The van der Waals surface area contributed by atoms with Crippen LogP contribution in [0.5, 0.6) is 5.75 Å². The van der Waals surface area contributed by atoms with Gasteiger partial charge in [-0.2, -0.15) is 0 Å². The van der Waals surface area contributed by atoms with E-state index in [-0.39, 0.29) is 30.9 Å². The van der Waals surface area contributed by atoms with Crippen LogP contribution in [0, 0.1) is 0 Å². The van der Waals surface area contributed by atoms with Gasteiger partial charge in [0, 0.05) is 17.8 Å². The molecular weight excluding hydrogens is 340 g/mol. The van der Waals surface area contributed by atoms with Gasteiger partial charge in [-0.25, -0.2) is 0 Å². The molecule has 0 fully saturated rings. The number of hydrogen-bond acceptors (Lipinski definition) is 3. The standard InChI is InChI=1S/C22H20N2O3/c1-15-13-21(25)23-18-10-4-5-11-19(18)24(15)22(26)14-27-20-12-6-8-16-7-2-3-9-17(16)20/h2-12,15H,13-14H2,1H3,(H,23,25). The fourth-order valence-corrected chi connectivity index (χ4v) is 3.50. The molecule has 0 saturated carbocycles. The summed E-state index contributed by atoms with van der Waals surface area (Å²) in [6.07, 6.45) is 0.245. The molecule has 1 N–H and O–H groups in total. The number of carbonyl (C=O) groups is 2. The number of amides is 2. The Labute approximate surface area is 157 Å². The Morgan fingerprint density at radius 1 is 1.07 bits per heavy atom. The second-order valence-electron chi connectivity index (χ2n) is 6.65. The van der Waals surface area contributed by atoms with Crippen molar-refractivity contribution in [3.8, 4) is 5.75 Å². The monoisotopic (exact) mass is 360 g/mol. The zero-order chi connectivity index (χ0) is 18.8. The van der Waals surface area contributed by atoms with Gasteiger partial charge in [0.15, 0.2) is 6.61 Å². The van der Waals surface area contributed by atoms with Crippen LogP contribution in [-0.4, -0.2) is 24.5 Å². The Kier molecular flexibility index (Phi) is 4.50. The molecule has 0 aromatic heterocycles. The normalized spacial score (nSPS) is 16.4. The van der Waals surface area contributed by atoms with Crippen LogP contribution in [0.4, 0.5) is 11.4 Å². The van der Waals surface area contributed by atoms with Crippen LogP contribution in [-0.2, 0) is 9.59 Å². The van der Waals surface area contributed by atoms with E-state index in [4.69, 9.17) is 4.74 Å². The molecule has 0 aliphatic carbocycles. The van der Waals surface area contributed by atoms with E-state index in [1.807, 2.05) is 67.6 Å². The van der Waals surface area contributed by atoms with E-state index in [0.717, 1.165) is 10.8 Å². The van der Waals surface area contributed by atoms with Crippen molar-refractivity contribution in [2.75, 3.05) is 16.8 Å². The lowest BCUT2D eigenvalue weighted by molar-refractivity contribution is -0.121. The van der Waals surface area contributed by atoms with Gasteiger partial charge in [-0.15, -0.1) is 0 Å². The molecule has 0 radical (unpaired) electrons. The molecule has 0 bridgehead atoms. The predicted molar refractivity (Wildman–Crippen MR) is 106 cm³/mol. The number of rotatable bonds is 3. The molecule has 1 aliphatic rings. The van der Waals surface area contributed by atoms with E-state index in [0.29, 0.717) is 17.1 Å². The largest absolute Gasteiger partial charge is 0.483 e. The smallest absolute Gasteiger partial charge is 0.265 e. The van der Waals surface area contributed by atoms with Crippen LogP contribution in [0.15, 0.2) is 66.7 Å². The van der Waals surface area contributed by atoms with Crippen LogP contribution in [0.2, 0.25) is 0 Å². The molecule has 1 unspecified atom stereocenters. The first-order chi connectivity index (χ1) is 13.1. The molecule has 5 nitrogen and oxygen atoms in total. The van der Waals surface area contributed by atoms with Crippen molar-refractivity contribution in [2.24, 2.45) is 0 Å². The van der Waals surface area contributed by atoms with Crippen molar-refractivity contribution in [1.82, 2.24) is 0 Å². The molecule has 1 heterocycles. The third kappa shape index (κ3) is 3.36. The van der Waals surface area contributed by atoms with Gasteiger partial charge in [0.2, 0.25) is 5.91 Å². The van der Waals surface area contributed by atoms with Gasteiger partial charge in [-0.05, 0) is 30.5 Å². The van der Waals surface area contributed by atoms with E-state index in [9.17, 15) is 9.59 Å². The zero-order valence-corrected chi connectivity index (χ0v) is 15.0. The minimum Gasteiger partial charge on any atom is -0.483 e. The molecule has 0 spiro atoms. The van der Waals surface area contributed by atoms with E-state index in [1.54, 1.807) is 11.0 Å². The quantitative estimate of drug-likeness (QED) is 0.768. The zero-order valence-electron chi connectivity index (χ0n) is 15.0. The number of fused-ring (bicyclic) bond motifs is 2. The molecule has 1 aliphatic heterocycles. The van der Waals surface area contributed by atoms with Gasteiger partial charge < -0.3 is 15.0 Å². The first-order valence-corrected chi connectivity index (χ1v) is 8.95. The molecule has 5 heteroatoms. The molecule has 1 atom stereocenters. The summed E-state index contributed by atoms with van der Waals surface area (Å²) in [6, 6.07) is 20.8. The Hall–Kier alpha value is -3.34. The Morgan fingerprint density at radius 3 is 2.70 bits per heavy atom. The van der Waals surface area contributed by atoms with E-state index >= 15 is 0 Å². The molecular formula is C22H20N2O3. The third-order valence-electron chi connectivity index (χ3n) is 4.73. The maximum Gasteiger partial charge on any atom is 0.265 e. The second-order valence-corrected chi connectivity index (χ2v) is 6.65. The summed E-state index contributed by atoms with van der Waals surface area (Å²) < 4.78 is 5.87. The number of ether oxygens (including phenoxy) is 1. The number of nitrogens with one attached hydrogen (secondary N) is 1.